The highest BCUT2D eigenvalue weighted by Crippen LogP contribution is 2.37. The maximum absolute atomic E-state index is 12.9. The molecule has 6 rings (SSSR count). The van der Waals surface area contributed by atoms with Gasteiger partial charge in [-0.05, 0) is 54.1 Å². The van der Waals surface area contributed by atoms with Gasteiger partial charge in [0, 0.05) is 33.7 Å². The monoisotopic (exact) mass is 654 g/mol. The van der Waals surface area contributed by atoms with Crippen molar-refractivity contribution < 1.29 is 19.1 Å². The van der Waals surface area contributed by atoms with Crippen LogP contribution >= 0.6 is 34.7 Å². The summed E-state index contributed by atoms with van der Waals surface area (Å²) in [7, 11) is 1.47. The smallest absolute Gasteiger partial charge is 0.355 e. The molecule has 0 atom stereocenters. The van der Waals surface area contributed by atoms with Crippen LogP contribution in [0.3, 0.4) is 0 Å². The lowest BCUT2D eigenvalue weighted by Gasteiger charge is -2.10. The molecule has 0 aliphatic heterocycles. The van der Waals surface area contributed by atoms with E-state index in [1.54, 1.807) is 30.6 Å². The zero-order valence-corrected chi connectivity index (χ0v) is 26.0. The second kappa shape index (κ2) is 13.7. The Kier molecular flexibility index (Phi) is 9.15. The largest absolute Gasteiger partial charge is 0.493 e. The molecule has 224 valence electrons. The first-order chi connectivity index (χ1) is 22.0. The topological polar surface area (TPSA) is 121 Å². The fourth-order valence-corrected chi connectivity index (χ4v) is 6.47. The molecule has 6 aromatic rings. The second-order valence-electron chi connectivity index (χ2n) is 9.34. The SMILES string of the molecule is COc1cc(/C=N\NC(=O)CSc2nnc(-c3ccncc3)n2-c2ccccc2)ccc1OC(=O)c1sc2ccccc2c1Cl. The van der Waals surface area contributed by atoms with Crippen molar-refractivity contribution in [2.45, 2.75) is 5.16 Å². The zero-order chi connectivity index (χ0) is 31.2. The van der Waals surface area contributed by atoms with Gasteiger partial charge in [0.15, 0.2) is 22.5 Å². The Labute approximate surface area is 270 Å². The van der Waals surface area contributed by atoms with Crippen LogP contribution in [0.4, 0.5) is 0 Å². The number of nitrogens with one attached hydrogen (secondary N) is 1. The third-order valence-electron chi connectivity index (χ3n) is 6.43. The van der Waals surface area contributed by atoms with Gasteiger partial charge in [0.25, 0.3) is 5.91 Å². The Morgan fingerprint density at radius 3 is 2.56 bits per heavy atom. The molecule has 0 aliphatic carbocycles. The van der Waals surface area contributed by atoms with E-state index in [0.717, 1.165) is 21.3 Å². The van der Waals surface area contributed by atoms with Crippen molar-refractivity contribution in [2.24, 2.45) is 5.10 Å². The van der Waals surface area contributed by atoms with Crippen LogP contribution in [0.25, 0.3) is 27.2 Å². The van der Waals surface area contributed by atoms with Crippen molar-refractivity contribution in [3.05, 3.63) is 113 Å². The van der Waals surface area contributed by atoms with Gasteiger partial charge in [-0.15, -0.1) is 21.5 Å². The molecule has 0 radical (unpaired) electrons. The number of ether oxygens (including phenoxy) is 2. The van der Waals surface area contributed by atoms with E-state index < -0.39 is 5.97 Å². The van der Waals surface area contributed by atoms with Crippen LogP contribution in [0.5, 0.6) is 11.5 Å². The van der Waals surface area contributed by atoms with E-state index in [9.17, 15) is 9.59 Å². The first-order valence-electron chi connectivity index (χ1n) is 13.4. The lowest BCUT2D eigenvalue weighted by atomic mass is 10.2. The maximum atomic E-state index is 12.9. The first kappa shape index (κ1) is 30.0. The van der Waals surface area contributed by atoms with Crippen molar-refractivity contribution in [1.82, 2.24) is 25.2 Å². The van der Waals surface area contributed by atoms with E-state index in [-0.39, 0.29) is 17.4 Å². The number of carbonyl (C=O) groups excluding carboxylic acids is 2. The lowest BCUT2D eigenvalue weighted by molar-refractivity contribution is -0.118. The molecule has 3 heterocycles. The molecule has 0 bridgehead atoms. The Hall–Kier alpha value is -5.04. The van der Waals surface area contributed by atoms with Crippen LogP contribution in [-0.4, -0.2) is 50.7 Å². The summed E-state index contributed by atoms with van der Waals surface area (Å²) in [6.45, 7) is 0. The number of hydrogen-bond acceptors (Lipinski definition) is 10. The first-order valence-corrected chi connectivity index (χ1v) is 15.6. The molecule has 1 N–H and O–H groups in total. The third kappa shape index (κ3) is 6.73. The maximum Gasteiger partial charge on any atom is 0.355 e. The molecular weight excluding hydrogens is 632 g/mol. The Balaban J connectivity index is 1.09. The van der Waals surface area contributed by atoms with E-state index >= 15 is 0 Å². The summed E-state index contributed by atoms with van der Waals surface area (Å²) in [6.07, 6.45) is 4.85. The molecule has 0 aliphatic rings. The number of thiophene rings is 1. The molecule has 0 fully saturated rings. The summed E-state index contributed by atoms with van der Waals surface area (Å²) >= 11 is 8.93. The predicted octanol–water partition coefficient (Wildman–Crippen LogP) is 6.67. The summed E-state index contributed by atoms with van der Waals surface area (Å²) in [5.74, 6) is 0.319. The van der Waals surface area contributed by atoms with Gasteiger partial charge in [0.05, 0.1) is 24.1 Å². The number of halogens is 1. The van der Waals surface area contributed by atoms with Gasteiger partial charge < -0.3 is 9.47 Å². The highest BCUT2D eigenvalue weighted by Gasteiger charge is 2.21. The van der Waals surface area contributed by atoms with E-state index in [4.69, 9.17) is 21.1 Å². The van der Waals surface area contributed by atoms with E-state index in [2.05, 4.69) is 25.7 Å². The Morgan fingerprint density at radius 1 is 1.00 bits per heavy atom. The average molecular weight is 655 g/mol. The summed E-state index contributed by atoms with van der Waals surface area (Å²) < 4.78 is 13.8. The van der Waals surface area contributed by atoms with Gasteiger partial charge in [0.2, 0.25) is 0 Å². The van der Waals surface area contributed by atoms with Crippen LogP contribution in [-0.2, 0) is 4.79 Å². The number of fused-ring (bicyclic) bond motifs is 1. The van der Waals surface area contributed by atoms with Crippen LogP contribution < -0.4 is 14.9 Å². The van der Waals surface area contributed by atoms with Crippen LogP contribution in [0.2, 0.25) is 5.02 Å². The number of pyridine rings is 1. The summed E-state index contributed by atoms with van der Waals surface area (Å²) in [5, 5.41) is 14.5. The molecule has 0 saturated carbocycles. The van der Waals surface area contributed by atoms with Gasteiger partial charge in [-0.25, -0.2) is 10.2 Å². The standard InChI is InChI=1S/C32H23ClN6O4S2/c1-42-25-17-20(11-12-24(25)43-31(41)29-28(33)23-9-5-6-10-26(23)45-29)18-35-36-27(40)19-44-32-38-37-30(21-13-15-34-16-14-21)39(32)22-7-3-2-4-8-22/h2-18H,19H2,1H3,(H,36,40)/b35-18-. The highest BCUT2D eigenvalue weighted by molar-refractivity contribution is 7.99. The number of nitrogens with zero attached hydrogens (tertiary/aromatic N) is 5. The summed E-state index contributed by atoms with van der Waals surface area (Å²) in [6, 6.07) is 25.8. The number of hydrogen-bond donors (Lipinski definition) is 1. The van der Waals surface area contributed by atoms with Crippen LogP contribution in [0.15, 0.2) is 108 Å². The number of hydrazone groups is 1. The van der Waals surface area contributed by atoms with Gasteiger partial charge in [-0.3, -0.25) is 14.3 Å². The molecule has 0 saturated heterocycles. The predicted molar refractivity (Wildman–Crippen MR) is 176 cm³/mol. The van der Waals surface area contributed by atoms with E-state index in [1.165, 1.54) is 36.4 Å². The average Bonchev–Trinajstić information content (AvgIpc) is 3.66. The van der Waals surface area contributed by atoms with Gasteiger partial charge in [-0.2, -0.15) is 5.10 Å². The van der Waals surface area contributed by atoms with Gasteiger partial charge in [0.1, 0.15) is 4.88 Å². The number of amides is 1. The lowest BCUT2D eigenvalue weighted by Crippen LogP contribution is -2.20. The molecule has 3 aromatic heterocycles. The molecule has 1 amide bonds. The van der Waals surface area contributed by atoms with Crippen molar-refractivity contribution in [2.75, 3.05) is 12.9 Å². The summed E-state index contributed by atoms with van der Waals surface area (Å²) in [5.41, 5.74) is 4.86. The zero-order valence-electron chi connectivity index (χ0n) is 23.6. The number of thioether (sulfide) groups is 1. The molecule has 0 unspecified atom stereocenters. The van der Waals surface area contributed by atoms with Crippen molar-refractivity contribution in [1.29, 1.82) is 0 Å². The third-order valence-corrected chi connectivity index (χ3v) is 9.02. The van der Waals surface area contributed by atoms with Gasteiger partial charge >= 0.3 is 5.97 Å². The highest BCUT2D eigenvalue weighted by atomic mass is 35.5. The van der Waals surface area contributed by atoms with Crippen molar-refractivity contribution in [3.63, 3.8) is 0 Å². The Morgan fingerprint density at radius 2 is 1.78 bits per heavy atom. The minimum atomic E-state index is -0.582. The minimum Gasteiger partial charge on any atom is -0.493 e. The van der Waals surface area contributed by atoms with E-state index in [0.29, 0.717) is 32.2 Å². The molecule has 10 nitrogen and oxygen atoms in total. The number of aromatic nitrogens is 4. The minimum absolute atomic E-state index is 0.0527. The molecule has 13 heteroatoms. The molecule has 3 aromatic carbocycles. The van der Waals surface area contributed by atoms with Crippen molar-refractivity contribution in [3.8, 4) is 28.6 Å². The quantitative estimate of drug-likeness (QED) is 0.0572. The number of para-hydroxylation sites is 1. The number of rotatable bonds is 10. The fourth-order valence-electron chi connectivity index (χ4n) is 4.34. The molecule has 45 heavy (non-hydrogen) atoms. The number of benzene rings is 3. The number of carbonyl (C=O) groups is 2. The van der Waals surface area contributed by atoms with E-state index in [1.807, 2.05) is 71.3 Å². The summed E-state index contributed by atoms with van der Waals surface area (Å²) in [4.78, 5) is 29.9. The molecule has 0 spiro atoms. The van der Waals surface area contributed by atoms with Crippen molar-refractivity contribution >= 4 is 62.9 Å². The Bertz CT molecular complexity index is 2010. The molecular formula is C32H23ClN6O4S2. The fraction of sp³-hybridized carbons (Fsp3) is 0.0625. The number of methoxy groups -OCH3 is 1. The normalized spacial score (nSPS) is 11.2. The second-order valence-corrected chi connectivity index (χ2v) is 11.7. The van der Waals surface area contributed by atoms with Crippen LogP contribution in [0, 0.1) is 0 Å². The van der Waals surface area contributed by atoms with Crippen LogP contribution in [0.1, 0.15) is 15.2 Å². The number of esters is 1. The van der Waals surface area contributed by atoms with Gasteiger partial charge in [-0.1, -0.05) is 59.8 Å².